The summed E-state index contributed by atoms with van der Waals surface area (Å²) < 4.78 is 15.4. The summed E-state index contributed by atoms with van der Waals surface area (Å²) in [5, 5.41) is 3.34. The molecule has 1 aromatic rings. The normalized spacial score (nSPS) is 10.4. The standard InChI is InChI=1S/C15H23NO4/c1-11(2)16-10-12-5-6-13(14(9-12)18-3)20-8-7-15(17)19-4/h5-6,9,11,16H,7-8,10H2,1-4H3. The lowest BCUT2D eigenvalue weighted by molar-refractivity contribution is -0.141. The lowest BCUT2D eigenvalue weighted by Crippen LogP contribution is -2.21. The minimum absolute atomic E-state index is 0.219. The second-order valence-electron chi connectivity index (χ2n) is 4.70. The Morgan fingerprint density at radius 3 is 2.60 bits per heavy atom. The van der Waals surface area contributed by atoms with Gasteiger partial charge >= 0.3 is 5.97 Å². The molecule has 5 heteroatoms. The Morgan fingerprint density at radius 2 is 2.00 bits per heavy atom. The van der Waals surface area contributed by atoms with Crippen molar-refractivity contribution in [3.63, 3.8) is 0 Å². The fraction of sp³-hybridized carbons (Fsp3) is 0.533. The quantitative estimate of drug-likeness (QED) is 0.740. The molecular formula is C15H23NO4. The van der Waals surface area contributed by atoms with Gasteiger partial charge < -0.3 is 19.5 Å². The summed E-state index contributed by atoms with van der Waals surface area (Å²) in [5.41, 5.74) is 1.12. The van der Waals surface area contributed by atoms with E-state index in [4.69, 9.17) is 9.47 Å². The van der Waals surface area contributed by atoms with Crippen molar-refractivity contribution in [2.45, 2.75) is 32.9 Å². The second kappa shape index (κ2) is 8.43. The first-order chi connectivity index (χ1) is 9.56. The number of hydrogen-bond acceptors (Lipinski definition) is 5. The summed E-state index contributed by atoms with van der Waals surface area (Å²) in [6, 6.07) is 6.19. The summed E-state index contributed by atoms with van der Waals surface area (Å²) >= 11 is 0. The number of ether oxygens (including phenoxy) is 3. The molecule has 112 valence electrons. The summed E-state index contributed by atoms with van der Waals surface area (Å²) in [7, 11) is 2.96. The molecule has 5 nitrogen and oxygen atoms in total. The van der Waals surface area contributed by atoms with Crippen LogP contribution in [0.1, 0.15) is 25.8 Å². The number of methoxy groups -OCH3 is 2. The molecule has 0 radical (unpaired) electrons. The van der Waals surface area contributed by atoms with Crippen LogP contribution >= 0.6 is 0 Å². The topological polar surface area (TPSA) is 56.8 Å². The van der Waals surface area contributed by atoms with E-state index in [-0.39, 0.29) is 19.0 Å². The molecule has 0 aromatic heterocycles. The Kier molecular flexibility index (Phi) is 6.87. The fourth-order valence-electron chi connectivity index (χ4n) is 1.61. The van der Waals surface area contributed by atoms with E-state index < -0.39 is 0 Å². The van der Waals surface area contributed by atoms with Crippen LogP contribution in [0.15, 0.2) is 18.2 Å². The fourth-order valence-corrected chi connectivity index (χ4v) is 1.61. The minimum Gasteiger partial charge on any atom is -0.493 e. The number of nitrogens with one attached hydrogen (secondary N) is 1. The third kappa shape index (κ3) is 5.48. The van der Waals surface area contributed by atoms with E-state index in [2.05, 4.69) is 23.9 Å². The van der Waals surface area contributed by atoms with Gasteiger partial charge in [-0.1, -0.05) is 19.9 Å². The molecule has 20 heavy (non-hydrogen) atoms. The maximum absolute atomic E-state index is 11.0. The molecule has 0 spiro atoms. The van der Waals surface area contributed by atoms with Crippen molar-refractivity contribution in [3.8, 4) is 11.5 Å². The van der Waals surface area contributed by atoms with Gasteiger partial charge in [-0.25, -0.2) is 0 Å². The van der Waals surface area contributed by atoms with Crippen LogP contribution in [0.25, 0.3) is 0 Å². The van der Waals surface area contributed by atoms with Crippen molar-refractivity contribution in [2.75, 3.05) is 20.8 Å². The first-order valence-electron chi connectivity index (χ1n) is 6.66. The van der Waals surface area contributed by atoms with E-state index in [0.717, 1.165) is 12.1 Å². The molecule has 0 atom stereocenters. The summed E-state index contributed by atoms with van der Waals surface area (Å²) in [6.07, 6.45) is 0.219. The van der Waals surface area contributed by atoms with Crippen LogP contribution in [0.4, 0.5) is 0 Å². The number of rotatable bonds is 8. The predicted octanol–water partition coefficient (Wildman–Crippen LogP) is 2.14. The van der Waals surface area contributed by atoms with Crippen molar-refractivity contribution >= 4 is 5.97 Å². The predicted molar refractivity (Wildman–Crippen MR) is 77.1 cm³/mol. The van der Waals surface area contributed by atoms with Gasteiger partial charge in [-0.2, -0.15) is 0 Å². The molecule has 1 aromatic carbocycles. The lowest BCUT2D eigenvalue weighted by Gasteiger charge is -2.13. The van der Waals surface area contributed by atoms with Crippen molar-refractivity contribution in [1.82, 2.24) is 5.32 Å². The third-order valence-corrected chi connectivity index (χ3v) is 2.73. The van der Waals surface area contributed by atoms with Crippen molar-refractivity contribution in [2.24, 2.45) is 0 Å². The SMILES string of the molecule is COC(=O)CCOc1ccc(CNC(C)C)cc1OC. The Hall–Kier alpha value is -1.75. The van der Waals surface area contributed by atoms with Crippen molar-refractivity contribution < 1.29 is 19.0 Å². The maximum atomic E-state index is 11.0. The molecule has 0 saturated heterocycles. The van der Waals surface area contributed by atoms with Crippen LogP contribution in [0.5, 0.6) is 11.5 Å². The van der Waals surface area contributed by atoms with Gasteiger partial charge in [0.2, 0.25) is 0 Å². The first kappa shape index (κ1) is 16.3. The number of benzene rings is 1. The number of esters is 1. The average molecular weight is 281 g/mol. The highest BCUT2D eigenvalue weighted by Gasteiger charge is 2.07. The van der Waals surface area contributed by atoms with Gasteiger partial charge in [-0.3, -0.25) is 4.79 Å². The number of carbonyl (C=O) groups is 1. The highest BCUT2D eigenvalue weighted by Crippen LogP contribution is 2.28. The van der Waals surface area contributed by atoms with Crippen LogP contribution in [-0.2, 0) is 16.1 Å². The average Bonchev–Trinajstić information content (AvgIpc) is 2.45. The maximum Gasteiger partial charge on any atom is 0.308 e. The molecule has 0 aliphatic rings. The summed E-state index contributed by atoms with van der Waals surface area (Å²) in [4.78, 5) is 11.0. The monoisotopic (exact) mass is 281 g/mol. The van der Waals surface area contributed by atoms with E-state index >= 15 is 0 Å². The Bertz CT molecular complexity index is 432. The molecular weight excluding hydrogens is 258 g/mol. The first-order valence-corrected chi connectivity index (χ1v) is 6.66. The zero-order valence-electron chi connectivity index (χ0n) is 12.6. The molecule has 0 fully saturated rings. The largest absolute Gasteiger partial charge is 0.493 e. The molecule has 0 heterocycles. The van der Waals surface area contributed by atoms with Crippen molar-refractivity contribution in [1.29, 1.82) is 0 Å². The van der Waals surface area contributed by atoms with Crippen molar-refractivity contribution in [3.05, 3.63) is 23.8 Å². The van der Waals surface area contributed by atoms with E-state index in [9.17, 15) is 4.79 Å². The summed E-state index contributed by atoms with van der Waals surface area (Å²) in [5.74, 6) is 1.00. The zero-order chi connectivity index (χ0) is 15.0. The molecule has 0 unspecified atom stereocenters. The summed E-state index contributed by atoms with van der Waals surface area (Å²) in [6.45, 7) is 5.24. The van der Waals surface area contributed by atoms with Gasteiger partial charge in [-0.05, 0) is 17.7 Å². The van der Waals surface area contributed by atoms with Crippen LogP contribution < -0.4 is 14.8 Å². The Labute approximate surface area is 120 Å². The molecule has 0 bridgehead atoms. The van der Waals surface area contributed by atoms with E-state index in [1.54, 1.807) is 7.11 Å². The Morgan fingerprint density at radius 1 is 1.25 bits per heavy atom. The molecule has 1 N–H and O–H groups in total. The highest BCUT2D eigenvalue weighted by molar-refractivity contribution is 5.69. The van der Waals surface area contributed by atoms with Crippen LogP contribution in [-0.4, -0.2) is 32.8 Å². The zero-order valence-corrected chi connectivity index (χ0v) is 12.6. The highest BCUT2D eigenvalue weighted by atomic mass is 16.5. The molecule has 0 aliphatic heterocycles. The van der Waals surface area contributed by atoms with Crippen LogP contribution in [0.3, 0.4) is 0 Å². The van der Waals surface area contributed by atoms with E-state index in [1.165, 1.54) is 7.11 Å². The number of hydrogen-bond donors (Lipinski definition) is 1. The third-order valence-electron chi connectivity index (χ3n) is 2.73. The van der Waals surface area contributed by atoms with Gasteiger partial charge in [0.05, 0.1) is 27.2 Å². The van der Waals surface area contributed by atoms with Gasteiger partial charge in [0, 0.05) is 12.6 Å². The van der Waals surface area contributed by atoms with E-state index in [1.807, 2.05) is 18.2 Å². The van der Waals surface area contributed by atoms with E-state index in [0.29, 0.717) is 17.5 Å². The van der Waals surface area contributed by atoms with Gasteiger partial charge in [0.25, 0.3) is 0 Å². The van der Waals surface area contributed by atoms with Gasteiger partial charge in [0.1, 0.15) is 0 Å². The van der Waals surface area contributed by atoms with Crippen LogP contribution in [0.2, 0.25) is 0 Å². The van der Waals surface area contributed by atoms with Gasteiger partial charge in [0.15, 0.2) is 11.5 Å². The van der Waals surface area contributed by atoms with Crippen LogP contribution in [0, 0.1) is 0 Å². The molecule has 0 amide bonds. The molecule has 1 rings (SSSR count). The number of carbonyl (C=O) groups excluding carboxylic acids is 1. The second-order valence-corrected chi connectivity index (χ2v) is 4.70. The smallest absolute Gasteiger partial charge is 0.308 e. The molecule has 0 saturated carbocycles. The Balaban J connectivity index is 2.60. The minimum atomic E-state index is -0.290. The molecule has 0 aliphatic carbocycles. The lowest BCUT2D eigenvalue weighted by atomic mass is 10.2. The van der Waals surface area contributed by atoms with Gasteiger partial charge in [-0.15, -0.1) is 0 Å².